The number of nitrogens with one attached hydrogen (secondary N) is 1. The summed E-state index contributed by atoms with van der Waals surface area (Å²) >= 11 is 0. The number of halogens is 3. The molecule has 32 heavy (non-hydrogen) atoms. The Labute approximate surface area is 187 Å². The Bertz CT molecular complexity index is 834. The van der Waals surface area contributed by atoms with E-state index in [0.717, 1.165) is 44.8 Å². The molecule has 1 aromatic carbocycles. The van der Waals surface area contributed by atoms with E-state index in [1.54, 1.807) is 6.07 Å². The van der Waals surface area contributed by atoms with Crippen LogP contribution in [0, 0.1) is 5.92 Å². The van der Waals surface area contributed by atoms with Crippen molar-refractivity contribution in [1.82, 2.24) is 10.2 Å². The molecule has 0 spiro atoms. The summed E-state index contributed by atoms with van der Waals surface area (Å²) in [5.74, 6) is -0.427. The second-order valence-electron chi connectivity index (χ2n) is 9.73. The lowest BCUT2D eigenvalue weighted by Crippen LogP contribution is -2.62. The molecule has 3 fully saturated rings. The van der Waals surface area contributed by atoms with Crippen LogP contribution in [0.5, 0.6) is 0 Å². The predicted molar refractivity (Wildman–Crippen MR) is 116 cm³/mol. The molecule has 5 rings (SSSR count). The lowest BCUT2D eigenvalue weighted by atomic mass is 9.82. The average molecular weight is 452 g/mol. The predicted octanol–water partition coefficient (Wildman–Crippen LogP) is 3.61. The molecule has 2 saturated heterocycles. The van der Waals surface area contributed by atoms with Gasteiger partial charge in [0, 0.05) is 44.5 Å². The molecule has 0 radical (unpaired) electrons. The third-order valence-electron chi connectivity index (χ3n) is 7.78. The maximum Gasteiger partial charge on any atom is 0.416 e. The quantitative estimate of drug-likeness (QED) is 0.760. The van der Waals surface area contributed by atoms with Crippen molar-refractivity contribution in [2.24, 2.45) is 5.92 Å². The van der Waals surface area contributed by atoms with Gasteiger partial charge < -0.3 is 15.0 Å². The molecule has 0 unspecified atom stereocenters. The number of alkyl halides is 3. The molecule has 3 heterocycles. The highest BCUT2D eigenvalue weighted by atomic mass is 19.4. The zero-order chi connectivity index (χ0) is 22.3. The highest BCUT2D eigenvalue weighted by molar-refractivity contribution is 5.82. The number of carbonyl (C=O) groups is 1. The van der Waals surface area contributed by atoms with Gasteiger partial charge in [0.1, 0.15) is 0 Å². The molecule has 1 aromatic rings. The largest absolute Gasteiger partial charge is 0.416 e. The standard InChI is InChI=1S/C24H32F3N3O2/c25-24(26,27)17-7-8-21-16(12-17)13-20(23(31)28-14-19-6-3-11-32-19)22-15-29(9-10-30(21)22)18-4-1-2-5-18/h7-8,12,18-20,22H,1-6,9-11,13-15H2,(H,28,31)/t19-,20-,22-/m0/s1. The fourth-order valence-corrected chi connectivity index (χ4v) is 6.07. The third kappa shape index (κ3) is 4.36. The number of ether oxygens (including phenoxy) is 1. The highest BCUT2D eigenvalue weighted by Crippen LogP contribution is 2.40. The molecule has 3 atom stereocenters. The number of nitrogens with zero attached hydrogens (tertiary/aromatic N) is 2. The van der Waals surface area contributed by atoms with Gasteiger partial charge in [-0.15, -0.1) is 0 Å². The third-order valence-corrected chi connectivity index (χ3v) is 7.78. The van der Waals surface area contributed by atoms with E-state index in [0.29, 0.717) is 24.6 Å². The first-order chi connectivity index (χ1) is 15.4. The van der Waals surface area contributed by atoms with E-state index in [9.17, 15) is 18.0 Å². The Morgan fingerprint density at radius 2 is 1.94 bits per heavy atom. The summed E-state index contributed by atoms with van der Waals surface area (Å²) in [6, 6.07) is 4.59. The van der Waals surface area contributed by atoms with E-state index in [1.165, 1.54) is 37.8 Å². The van der Waals surface area contributed by atoms with Gasteiger partial charge in [-0.05, 0) is 55.9 Å². The number of carbonyl (C=O) groups excluding carboxylic acids is 1. The minimum absolute atomic E-state index is 0.0157. The van der Waals surface area contributed by atoms with Crippen LogP contribution in [0.25, 0.3) is 0 Å². The summed E-state index contributed by atoms with van der Waals surface area (Å²) in [6.45, 7) is 3.64. The number of hydrogen-bond donors (Lipinski definition) is 1. The van der Waals surface area contributed by atoms with Gasteiger partial charge in [0.25, 0.3) is 0 Å². The van der Waals surface area contributed by atoms with Crippen LogP contribution < -0.4 is 10.2 Å². The SMILES string of the molecule is O=C(NC[C@@H]1CCCO1)[C@H]1Cc2cc(C(F)(F)F)ccc2N2CCN(C3CCCC3)C[C@@H]12. The molecule has 0 bridgehead atoms. The van der Waals surface area contributed by atoms with E-state index >= 15 is 0 Å². The molecule has 8 heteroatoms. The van der Waals surface area contributed by atoms with Crippen molar-refractivity contribution in [2.45, 2.75) is 69.3 Å². The number of rotatable bonds is 4. The van der Waals surface area contributed by atoms with E-state index < -0.39 is 11.7 Å². The Kier molecular flexibility index (Phi) is 6.09. The molecule has 1 saturated carbocycles. The summed E-state index contributed by atoms with van der Waals surface area (Å²) in [5, 5.41) is 3.06. The summed E-state index contributed by atoms with van der Waals surface area (Å²) in [6.07, 6.45) is 2.86. The molecule has 3 aliphatic heterocycles. The van der Waals surface area contributed by atoms with Gasteiger partial charge in [0.15, 0.2) is 0 Å². The van der Waals surface area contributed by atoms with Crippen molar-refractivity contribution < 1.29 is 22.7 Å². The number of anilines is 1. The normalized spacial score (nSPS) is 29.1. The van der Waals surface area contributed by atoms with Crippen LogP contribution in [0.2, 0.25) is 0 Å². The number of hydrogen-bond acceptors (Lipinski definition) is 4. The van der Waals surface area contributed by atoms with Gasteiger partial charge in [-0.25, -0.2) is 0 Å². The van der Waals surface area contributed by atoms with E-state index in [1.807, 2.05) is 0 Å². The molecule has 5 nitrogen and oxygen atoms in total. The number of piperazine rings is 1. The van der Waals surface area contributed by atoms with Gasteiger partial charge in [-0.2, -0.15) is 13.2 Å². The Hall–Kier alpha value is -1.80. The topological polar surface area (TPSA) is 44.8 Å². The van der Waals surface area contributed by atoms with Crippen molar-refractivity contribution >= 4 is 11.6 Å². The molecule has 176 valence electrons. The summed E-state index contributed by atoms with van der Waals surface area (Å²) in [7, 11) is 0. The van der Waals surface area contributed by atoms with Crippen LogP contribution >= 0.6 is 0 Å². The lowest BCUT2D eigenvalue weighted by Gasteiger charge is -2.50. The van der Waals surface area contributed by atoms with Crippen molar-refractivity contribution in [2.75, 3.05) is 37.7 Å². The molecule has 4 aliphatic rings. The second-order valence-corrected chi connectivity index (χ2v) is 9.73. The number of amides is 1. The monoisotopic (exact) mass is 451 g/mol. The molecule has 0 aromatic heterocycles. The van der Waals surface area contributed by atoms with Crippen LogP contribution in [-0.4, -0.2) is 61.8 Å². The first-order valence-corrected chi connectivity index (χ1v) is 12.0. The van der Waals surface area contributed by atoms with Crippen LogP contribution in [0.4, 0.5) is 18.9 Å². The maximum atomic E-state index is 13.4. The first-order valence-electron chi connectivity index (χ1n) is 12.0. The van der Waals surface area contributed by atoms with Gasteiger partial charge in [-0.3, -0.25) is 9.69 Å². The van der Waals surface area contributed by atoms with Crippen molar-refractivity contribution in [3.8, 4) is 0 Å². The van der Waals surface area contributed by atoms with E-state index in [-0.39, 0.29) is 24.0 Å². The smallest absolute Gasteiger partial charge is 0.376 e. The fourth-order valence-electron chi connectivity index (χ4n) is 6.07. The van der Waals surface area contributed by atoms with E-state index in [4.69, 9.17) is 4.74 Å². The zero-order valence-corrected chi connectivity index (χ0v) is 18.4. The molecule has 1 aliphatic carbocycles. The van der Waals surface area contributed by atoms with Crippen LogP contribution in [0.1, 0.15) is 49.7 Å². The van der Waals surface area contributed by atoms with Crippen molar-refractivity contribution in [1.29, 1.82) is 0 Å². The van der Waals surface area contributed by atoms with Gasteiger partial charge >= 0.3 is 6.18 Å². The molecule has 1 N–H and O–H groups in total. The minimum atomic E-state index is -4.38. The molecule has 1 amide bonds. The van der Waals surface area contributed by atoms with E-state index in [2.05, 4.69) is 15.1 Å². The number of benzene rings is 1. The Morgan fingerprint density at radius 1 is 1.12 bits per heavy atom. The lowest BCUT2D eigenvalue weighted by molar-refractivity contribution is -0.137. The number of fused-ring (bicyclic) bond motifs is 3. The van der Waals surface area contributed by atoms with Crippen molar-refractivity contribution in [3.05, 3.63) is 29.3 Å². The van der Waals surface area contributed by atoms with Crippen molar-refractivity contribution in [3.63, 3.8) is 0 Å². The maximum absolute atomic E-state index is 13.4. The Balaban J connectivity index is 1.39. The van der Waals surface area contributed by atoms with Gasteiger partial charge in [0.2, 0.25) is 5.91 Å². The van der Waals surface area contributed by atoms with Gasteiger partial charge in [0.05, 0.1) is 23.6 Å². The molecular formula is C24H32F3N3O2. The second kappa shape index (κ2) is 8.86. The average Bonchev–Trinajstić information content (AvgIpc) is 3.50. The minimum Gasteiger partial charge on any atom is -0.376 e. The van der Waals surface area contributed by atoms with Crippen LogP contribution in [-0.2, 0) is 22.1 Å². The first kappa shape index (κ1) is 22.0. The summed E-state index contributed by atoms with van der Waals surface area (Å²) in [4.78, 5) is 18.0. The summed E-state index contributed by atoms with van der Waals surface area (Å²) in [5.41, 5.74) is 0.845. The zero-order valence-electron chi connectivity index (χ0n) is 18.4. The fraction of sp³-hybridized carbons (Fsp3) is 0.708. The Morgan fingerprint density at radius 3 is 2.66 bits per heavy atom. The van der Waals surface area contributed by atoms with Crippen LogP contribution in [0.3, 0.4) is 0 Å². The van der Waals surface area contributed by atoms with Crippen LogP contribution in [0.15, 0.2) is 18.2 Å². The highest BCUT2D eigenvalue weighted by Gasteiger charge is 2.44. The molecular weight excluding hydrogens is 419 g/mol. The summed E-state index contributed by atoms with van der Waals surface area (Å²) < 4.78 is 45.7. The van der Waals surface area contributed by atoms with Gasteiger partial charge in [-0.1, -0.05) is 12.8 Å².